The largest absolute Gasteiger partial charge is 0.416 e. The van der Waals surface area contributed by atoms with E-state index in [1.165, 1.54) is 12.1 Å². The Labute approximate surface area is 155 Å². The molecular formula is C20H19F3N4. The van der Waals surface area contributed by atoms with E-state index < -0.39 is 11.7 Å². The molecule has 0 unspecified atom stereocenters. The van der Waals surface area contributed by atoms with Gasteiger partial charge in [0.1, 0.15) is 5.82 Å². The summed E-state index contributed by atoms with van der Waals surface area (Å²) in [5, 5.41) is 0. The molecule has 0 radical (unpaired) electrons. The maximum atomic E-state index is 12.8. The summed E-state index contributed by atoms with van der Waals surface area (Å²) in [6.07, 6.45) is 0.320. The molecule has 0 saturated heterocycles. The molecule has 0 atom stereocenters. The fourth-order valence-electron chi connectivity index (χ4n) is 3.45. The highest BCUT2D eigenvalue weighted by Gasteiger charge is 2.30. The first-order valence-electron chi connectivity index (χ1n) is 8.78. The molecule has 0 spiro atoms. The van der Waals surface area contributed by atoms with Gasteiger partial charge in [0.2, 0.25) is 0 Å². The molecule has 140 valence electrons. The van der Waals surface area contributed by atoms with E-state index in [4.69, 9.17) is 0 Å². The summed E-state index contributed by atoms with van der Waals surface area (Å²) in [4.78, 5) is 11.1. The lowest BCUT2D eigenvalue weighted by Crippen LogP contribution is -2.31. The van der Waals surface area contributed by atoms with Crippen molar-refractivity contribution in [2.24, 2.45) is 0 Å². The molecular weight excluding hydrogens is 353 g/mol. The Kier molecular flexibility index (Phi) is 4.47. The van der Waals surface area contributed by atoms with Gasteiger partial charge in [-0.3, -0.25) is 4.90 Å². The molecule has 7 heteroatoms. The van der Waals surface area contributed by atoms with Crippen molar-refractivity contribution in [2.45, 2.75) is 32.6 Å². The van der Waals surface area contributed by atoms with E-state index in [0.29, 0.717) is 6.54 Å². The van der Waals surface area contributed by atoms with Gasteiger partial charge < -0.3 is 4.57 Å². The number of aryl methyl sites for hydroxylation is 1. The van der Waals surface area contributed by atoms with Crippen molar-refractivity contribution in [1.82, 2.24) is 19.4 Å². The number of hydrogen-bond donors (Lipinski definition) is 0. The molecule has 4 nitrogen and oxygen atoms in total. The van der Waals surface area contributed by atoms with Crippen LogP contribution in [0.4, 0.5) is 13.2 Å². The van der Waals surface area contributed by atoms with E-state index in [2.05, 4.69) is 14.9 Å². The summed E-state index contributed by atoms with van der Waals surface area (Å²) in [6.45, 7) is 4.26. The highest BCUT2D eigenvalue weighted by atomic mass is 19.4. The van der Waals surface area contributed by atoms with Crippen molar-refractivity contribution in [3.05, 3.63) is 77.1 Å². The summed E-state index contributed by atoms with van der Waals surface area (Å²) in [5.74, 6) is 0.790. The third-order valence-electron chi connectivity index (χ3n) is 4.83. The minimum absolute atomic E-state index is 0.636. The fourth-order valence-corrected chi connectivity index (χ4v) is 3.45. The molecule has 0 bridgehead atoms. The van der Waals surface area contributed by atoms with E-state index in [-0.39, 0.29) is 0 Å². The Morgan fingerprint density at radius 3 is 2.63 bits per heavy atom. The number of hydrogen-bond acceptors (Lipinski definition) is 3. The predicted octanol–water partition coefficient (Wildman–Crippen LogP) is 4.15. The van der Waals surface area contributed by atoms with E-state index >= 15 is 0 Å². The van der Waals surface area contributed by atoms with Crippen LogP contribution in [-0.4, -0.2) is 26.0 Å². The molecule has 0 N–H and O–H groups in total. The highest BCUT2D eigenvalue weighted by Crippen LogP contribution is 2.30. The van der Waals surface area contributed by atoms with Crippen LogP contribution in [0.2, 0.25) is 0 Å². The normalized spacial score (nSPS) is 15.0. The van der Waals surface area contributed by atoms with Crippen molar-refractivity contribution < 1.29 is 13.2 Å². The SMILES string of the molecule is Cc1ncc2c(n1)CCN(Cc1cccn1-c1ccc(C(F)(F)F)cc1)C2. The minimum atomic E-state index is -4.32. The molecule has 2 aromatic heterocycles. The van der Waals surface area contributed by atoms with E-state index in [9.17, 15) is 13.2 Å². The molecule has 1 aliphatic rings. The highest BCUT2D eigenvalue weighted by molar-refractivity contribution is 5.38. The molecule has 0 saturated carbocycles. The molecule has 1 aromatic carbocycles. The Morgan fingerprint density at radius 2 is 1.89 bits per heavy atom. The second kappa shape index (κ2) is 6.81. The average Bonchev–Trinajstić information content (AvgIpc) is 3.09. The summed E-state index contributed by atoms with van der Waals surface area (Å²) in [5.41, 5.74) is 3.37. The molecule has 0 fully saturated rings. The summed E-state index contributed by atoms with van der Waals surface area (Å²) < 4.78 is 40.3. The molecule has 4 rings (SSSR count). The average molecular weight is 372 g/mol. The zero-order valence-corrected chi connectivity index (χ0v) is 14.9. The van der Waals surface area contributed by atoms with Crippen LogP contribution in [0.1, 0.15) is 28.3 Å². The lowest BCUT2D eigenvalue weighted by Gasteiger charge is -2.28. The number of rotatable bonds is 3. The molecule has 27 heavy (non-hydrogen) atoms. The number of fused-ring (bicyclic) bond motifs is 1. The quantitative estimate of drug-likeness (QED) is 0.693. The molecule has 3 aromatic rings. The van der Waals surface area contributed by atoms with Gasteiger partial charge in [0.25, 0.3) is 0 Å². The lowest BCUT2D eigenvalue weighted by atomic mass is 10.1. The maximum Gasteiger partial charge on any atom is 0.416 e. The minimum Gasteiger partial charge on any atom is -0.320 e. The Balaban J connectivity index is 1.52. The monoisotopic (exact) mass is 372 g/mol. The second-order valence-corrected chi connectivity index (χ2v) is 6.76. The van der Waals surface area contributed by atoms with Crippen LogP contribution in [0.25, 0.3) is 5.69 Å². The molecule has 3 heterocycles. The second-order valence-electron chi connectivity index (χ2n) is 6.76. The Bertz CT molecular complexity index is 945. The third kappa shape index (κ3) is 3.73. The number of benzene rings is 1. The Morgan fingerprint density at radius 1 is 1.11 bits per heavy atom. The number of alkyl halides is 3. The van der Waals surface area contributed by atoms with Gasteiger partial charge in [-0.15, -0.1) is 0 Å². The first-order chi connectivity index (χ1) is 12.9. The zero-order chi connectivity index (χ0) is 19.0. The van der Waals surface area contributed by atoms with Gasteiger partial charge in [-0.25, -0.2) is 9.97 Å². The first kappa shape index (κ1) is 17.7. The summed E-state index contributed by atoms with van der Waals surface area (Å²) in [7, 11) is 0. The van der Waals surface area contributed by atoms with Crippen molar-refractivity contribution in [1.29, 1.82) is 0 Å². The van der Waals surface area contributed by atoms with Gasteiger partial charge in [0.15, 0.2) is 0 Å². The smallest absolute Gasteiger partial charge is 0.320 e. The standard InChI is InChI=1S/C20H19F3N4/c1-14-24-11-15-12-26(10-8-19(15)25-14)13-18-3-2-9-27(18)17-6-4-16(5-7-17)20(21,22)23/h2-7,9,11H,8,10,12-13H2,1H3. The van der Waals surface area contributed by atoms with Crippen molar-refractivity contribution >= 4 is 0 Å². The molecule has 1 aliphatic heterocycles. The van der Waals surface area contributed by atoms with Crippen LogP contribution in [-0.2, 0) is 25.7 Å². The van der Waals surface area contributed by atoms with Gasteiger partial charge in [-0.2, -0.15) is 13.2 Å². The van der Waals surface area contributed by atoms with Crippen molar-refractivity contribution in [2.75, 3.05) is 6.54 Å². The molecule has 0 aliphatic carbocycles. The summed E-state index contributed by atoms with van der Waals surface area (Å²) in [6, 6.07) is 9.17. The van der Waals surface area contributed by atoms with Crippen LogP contribution in [0.3, 0.4) is 0 Å². The van der Waals surface area contributed by atoms with Gasteiger partial charge in [-0.05, 0) is 43.3 Å². The van der Waals surface area contributed by atoms with Gasteiger partial charge >= 0.3 is 6.18 Å². The summed E-state index contributed by atoms with van der Waals surface area (Å²) >= 11 is 0. The van der Waals surface area contributed by atoms with Crippen LogP contribution < -0.4 is 0 Å². The van der Waals surface area contributed by atoms with Crippen LogP contribution in [0.15, 0.2) is 48.8 Å². The van der Waals surface area contributed by atoms with Crippen LogP contribution in [0, 0.1) is 6.92 Å². The lowest BCUT2D eigenvalue weighted by molar-refractivity contribution is -0.137. The van der Waals surface area contributed by atoms with Crippen molar-refractivity contribution in [3.63, 3.8) is 0 Å². The van der Waals surface area contributed by atoms with Gasteiger partial charge in [-0.1, -0.05) is 0 Å². The van der Waals surface area contributed by atoms with E-state index in [0.717, 1.165) is 60.1 Å². The van der Waals surface area contributed by atoms with Gasteiger partial charge in [0, 0.05) is 61.1 Å². The van der Waals surface area contributed by atoms with Gasteiger partial charge in [0.05, 0.1) is 5.56 Å². The number of halogens is 3. The topological polar surface area (TPSA) is 34.0 Å². The van der Waals surface area contributed by atoms with Crippen molar-refractivity contribution in [3.8, 4) is 5.69 Å². The van der Waals surface area contributed by atoms with E-state index in [1.54, 1.807) is 0 Å². The number of nitrogens with zero attached hydrogens (tertiary/aromatic N) is 4. The third-order valence-corrected chi connectivity index (χ3v) is 4.83. The first-order valence-corrected chi connectivity index (χ1v) is 8.78. The number of aromatic nitrogens is 3. The Hall–Kier alpha value is -2.67. The fraction of sp³-hybridized carbons (Fsp3) is 0.300. The van der Waals surface area contributed by atoms with Crippen LogP contribution in [0.5, 0.6) is 0 Å². The van der Waals surface area contributed by atoms with Crippen LogP contribution >= 0.6 is 0 Å². The zero-order valence-electron chi connectivity index (χ0n) is 14.9. The predicted molar refractivity (Wildman–Crippen MR) is 95.4 cm³/mol. The van der Waals surface area contributed by atoms with E-state index in [1.807, 2.05) is 36.0 Å². The molecule has 0 amide bonds. The maximum absolute atomic E-state index is 12.8.